The van der Waals surface area contributed by atoms with Gasteiger partial charge in [-0.2, -0.15) is 5.10 Å². The number of aromatic nitrogens is 3. The molecule has 0 amide bonds. The Balaban J connectivity index is 1.72. The highest BCUT2D eigenvalue weighted by Gasteiger charge is 2.16. The van der Waals surface area contributed by atoms with E-state index in [2.05, 4.69) is 47.3 Å². The second-order valence-electron chi connectivity index (χ2n) is 7.97. The molecule has 0 aliphatic rings. The van der Waals surface area contributed by atoms with Gasteiger partial charge in [0.2, 0.25) is 0 Å². The standard InChI is InChI=1S/C24H25N3O/c1-17-11-13-25-15-21(17)18-6-8-19(9-7-18)22-16-26-27-14-4-5-20(23(22)27)10-12-24(2,3)28/h4-9,11,13-16,28H,10,12H2,1-3H3. The molecule has 0 atom stereocenters. The molecule has 4 nitrogen and oxygen atoms in total. The van der Waals surface area contributed by atoms with Crippen LogP contribution >= 0.6 is 0 Å². The summed E-state index contributed by atoms with van der Waals surface area (Å²) < 4.78 is 1.92. The SMILES string of the molecule is Cc1ccncc1-c1ccc(-c2cnn3cccc(CCC(C)(C)O)c23)cc1. The van der Waals surface area contributed by atoms with Gasteiger partial charge in [0.1, 0.15) is 0 Å². The van der Waals surface area contributed by atoms with Gasteiger partial charge in [-0.05, 0) is 68.0 Å². The molecule has 0 fully saturated rings. The van der Waals surface area contributed by atoms with Crippen molar-refractivity contribution in [2.45, 2.75) is 39.2 Å². The Labute approximate surface area is 165 Å². The minimum Gasteiger partial charge on any atom is -0.390 e. The number of hydrogen-bond acceptors (Lipinski definition) is 3. The van der Waals surface area contributed by atoms with Gasteiger partial charge in [-0.15, -0.1) is 0 Å². The van der Waals surface area contributed by atoms with Gasteiger partial charge >= 0.3 is 0 Å². The predicted molar refractivity (Wildman–Crippen MR) is 113 cm³/mol. The molecule has 1 N–H and O–H groups in total. The molecule has 3 aromatic heterocycles. The van der Waals surface area contributed by atoms with Crippen LogP contribution in [0.25, 0.3) is 27.8 Å². The van der Waals surface area contributed by atoms with Crippen molar-refractivity contribution in [3.05, 3.63) is 78.4 Å². The maximum atomic E-state index is 10.1. The topological polar surface area (TPSA) is 50.4 Å². The molecule has 4 aromatic rings. The third-order valence-corrected chi connectivity index (χ3v) is 5.18. The van der Waals surface area contributed by atoms with Gasteiger partial charge in [0.15, 0.2) is 0 Å². The van der Waals surface area contributed by atoms with Crippen LogP contribution in [0, 0.1) is 6.92 Å². The van der Waals surface area contributed by atoms with Crippen LogP contribution in [-0.4, -0.2) is 25.3 Å². The summed E-state index contributed by atoms with van der Waals surface area (Å²) in [5.41, 5.74) is 7.40. The Morgan fingerprint density at radius 1 is 0.964 bits per heavy atom. The average Bonchev–Trinajstić information content (AvgIpc) is 3.11. The van der Waals surface area contributed by atoms with E-state index in [1.165, 1.54) is 11.1 Å². The number of fused-ring (bicyclic) bond motifs is 1. The first-order chi connectivity index (χ1) is 13.4. The van der Waals surface area contributed by atoms with Crippen molar-refractivity contribution in [1.29, 1.82) is 0 Å². The highest BCUT2D eigenvalue weighted by Crippen LogP contribution is 2.31. The molecule has 0 saturated carbocycles. The first-order valence-corrected chi connectivity index (χ1v) is 9.61. The molecule has 0 saturated heterocycles. The number of benzene rings is 1. The first-order valence-electron chi connectivity index (χ1n) is 9.61. The van der Waals surface area contributed by atoms with E-state index in [4.69, 9.17) is 0 Å². The quantitative estimate of drug-likeness (QED) is 0.532. The second-order valence-corrected chi connectivity index (χ2v) is 7.97. The van der Waals surface area contributed by atoms with Crippen molar-refractivity contribution >= 4 is 5.52 Å². The summed E-state index contributed by atoms with van der Waals surface area (Å²) in [7, 11) is 0. The smallest absolute Gasteiger partial charge is 0.0772 e. The zero-order valence-electron chi connectivity index (χ0n) is 16.6. The van der Waals surface area contributed by atoms with Crippen LogP contribution in [0.3, 0.4) is 0 Å². The summed E-state index contributed by atoms with van der Waals surface area (Å²) in [5, 5.41) is 14.7. The van der Waals surface area contributed by atoms with Crippen LogP contribution in [0.5, 0.6) is 0 Å². The summed E-state index contributed by atoms with van der Waals surface area (Å²) in [6.45, 7) is 5.80. The van der Waals surface area contributed by atoms with Crippen LogP contribution in [0.4, 0.5) is 0 Å². The van der Waals surface area contributed by atoms with E-state index in [0.29, 0.717) is 6.42 Å². The van der Waals surface area contributed by atoms with Crippen molar-refractivity contribution in [2.24, 2.45) is 0 Å². The number of pyridine rings is 2. The Bertz CT molecular complexity index is 1100. The fourth-order valence-electron chi connectivity index (χ4n) is 3.56. The van der Waals surface area contributed by atoms with Crippen LogP contribution in [0.2, 0.25) is 0 Å². The lowest BCUT2D eigenvalue weighted by atomic mass is 9.95. The molecule has 0 unspecified atom stereocenters. The molecule has 0 aliphatic heterocycles. The Morgan fingerprint density at radius 2 is 1.68 bits per heavy atom. The van der Waals surface area contributed by atoms with E-state index >= 15 is 0 Å². The Kier molecular flexibility index (Phi) is 4.73. The third-order valence-electron chi connectivity index (χ3n) is 5.18. The Hall–Kier alpha value is -2.98. The molecule has 3 heterocycles. The van der Waals surface area contributed by atoms with E-state index in [-0.39, 0.29) is 0 Å². The minimum absolute atomic E-state index is 0.684. The third kappa shape index (κ3) is 3.69. The highest BCUT2D eigenvalue weighted by atomic mass is 16.3. The Morgan fingerprint density at radius 3 is 2.36 bits per heavy atom. The van der Waals surface area contributed by atoms with Gasteiger partial charge in [-0.25, -0.2) is 4.52 Å². The molecule has 0 spiro atoms. The molecule has 4 heteroatoms. The first kappa shape index (κ1) is 18.4. The number of hydrogen-bond donors (Lipinski definition) is 1. The zero-order valence-corrected chi connectivity index (χ0v) is 16.6. The van der Waals surface area contributed by atoms with Gasteiger partial charge < -0.3 is 5.11 Å². The number of rotatable bonds is 5. The fraction of sp³-hybridized carbons (Fsp3) is 0.250. The molecular weight excluding hydrogens is 346 g/mol. The minimum atomic E-state index is -0.684. The molecule has 1 aromatic carbocycles. The molecule has 0 bridgehead atoms. The largest absolute Gasteiger partial charge is 0.390 e. The molecule has 28 heavy (non-hydrogen) atoms. The zero-order chi connectivity index (χ0) is 19.7. The fourth-order valence-corrected chi connectivity index (χ4v) is 3.56. The van der Waals surface area contributed by atoms with Crippen molar-refractivity contribution < 1.29 is 5.11 Å². The van der Waals surface area contributed by atoms with E-state index in [9.17, 15) is 5.11 Å². The second kappa shape index (κ2) is 7.21. The predicted octanol–water partition coefficient (Wildman–Crippen LogP) is 5.08. The summed E-state index contributed by atoms with van der Waals surface area (Å²) in [6, 6.07) is 14.7. The molecular formula is C24H25N3O. The maximum Gasteiger partial charge on any atom is 0.0772 e. The van der Waals surface area contributed by atoms with Crippen molar-refractivity contribution in [3.8, 4) is 22.3 Å². The number of aryl methyl sites for hydroxylation is 2. The highest BCUT2D eigenvalue weighted by molar-refractivity contribution is 5.83. The molecule has 142 valence electrons. The molecule has 0 aliphatic carbocycles. The lowest BCUT2D eigenvalue weighted by Gasteiger charge is -2.17. The van der Waals surface area contributed by atoms with Gasteiger partial charge in [-0.1, -0.05) is 30.3 Å². The van der Waals surface area contributed by atoms with Crippen molar-refractivity contribution in [1.82, 2.24) is 14.6 Å². The summed E-state index contributed by atoms with van der Waals surface area (Å²) in [5.74, 6) is 0. The van der Waals surface area contributed by atoms with Gasteiger partial charge in [0.05, 0.1) is 17.3 Å². The van der Waals surface area contributed by atoms with Crippen molar-refractivity contribution in [2.75, 3.05) is 0 Å². The molecule has 4 rings (SSSR count). The van der Waals surface area contributed by atoms with Crippen LogP contribution in [0.15, 0.2) is 67.3 Å². The van der Waals surface area contributed by atoms with Gasteiger partial charge in [0.25, 0.3) is 0 Å². The van der Waals surface area contributed by atoms with E-state index < -0.39 is 5.60 Å². The van der Waals surface area contributed by atoms with Gasteiger partial charge in [-0.3, -0.25) is 4.98 Å². The number of aliphatic hydroxyl groups is 1. The van der Waals surface area contributed by atoms with E-state index in [1.807, 2.05) is 55.3 Å². The summed E-state index contributed by atoms with van der Waals surface area (Å²) in [4.78, 5) is 4.25. The summed E-state index contributed by atoms with van der Waals surface area (Å²) >= 11 is 0. The van der Waals surface area contributed by atoms with Crippen molar-refractivity contribution in [3.63, 3.8) is 0 Å². The lowest BCUT2D eigenvalue weighted by Crippen LogP contribution is -2.19. The average molecular weight is 371 g/mol. The summed E-state index contributed by atoms with van der Waals surface area (Å²) in [6.07, 6.45) is 9.14. The lowest BCUT2D eigenvalue weighted by molar-refractivity contribution is 0.0715. The maximum absolute atomic E-state index is 10.1. The van der Waals surface area contributed by atoms with Crippen LogP contribution in [-0.2, 0) is 6.42 Å². The normalized spacial score (nSPS) is 11.9. The van der Waals surface area contributed by atoms with Gasteiger partial charge in [0, 0.05) is 29.7 Å². The molecule has 0 radical (unpaired) electrons. The van der Waals surface area contributed by atoms with E-state index in [1.54, 1.807) is 0 Å². The number of nitrogens with zero attached hydrogens (tertiary/aromatic N) is 3. The van der Waals surface area contributed by atoms with Crippen LogP contribution in [0.1, 0.15) is 31.4 Å². The van der Waals surface area contributed by atoms with E-state index in [0.717, 1.165) is 34.2 Å². The monoisotopic (exact) mass is 371 g/mol. The van der Waals surface area contributed by atoms with Crippen LogP contribution < -0.4 is 0 Å².